The van der Waals surface area contributed by atoms with Crippen LogP contribution in [0.5, 0.6) is 0 Å². The van der Waals surface area contributed by atoms with Crippen molar-refractivity contribution in [2.45, 2.75) is 26.2 Å². The first kappa shape index (κ1) is 12.5. The van der Waals surface area contributed by atoms with Crippen LogP contribution in [0.2, 0.25) is 0 Å². The molecule has 1 N–H and O–H groups in total. The van der Waals surface area contributed by atoms with E-state index in [-0.39, 0.29) is 5.69 Å². The summed E-state index contributed by atoms with van der Waals surface area (Å²) in [4.78, 5) is 21.1. The van der Waals surface area contributed by atoms with Gasteiger partial charge in [-0.2, -0.15) is 0 Å². The molecule has 0 saturated heterocycles. The second-order valence-corrected chi connectivity index (χ2v) is 4.86. The van der Waals surface area contributed by atoms with E-state index < -0.39 is 4.92 Å². The fraction of sp³-hybridized carbons (Fsp3) is 0.462. The number of hydrogen-bond acceptors (Lipinski definition) is 4. The molecule has 0 unspecified atom stereocenters. The summed E-state index contributed by atoms with van der Waals surface area (Å²) in [6.07, 6.45) is 4.05. The molecule has 0 aromatic heterocycles. The lowest BCUT2D eigenvalue weighted by molar-refractivity contribution is -0.384. The second-order valence-electron chi connectivity index (χ2n) is 4.86. The van der Waals surface area contributed by atoms with Gasteiger partial charge in [-0.25, -0.2) is 0 Å². The summed E-state index contributed by atoms with van der Waals surface area (Å²) >= 11 is 0. The molecule has 1 saturated carbocycles. The summed E-state index contributed by atoms with van der Waals surface area (Å²) in [6.45, 7) is 2.89. The van der Waals surface area contributed by atoms with Gasteiger partial charge < -0.3 is 5.32 Å². The van der Waals surface area contributed by atoms with E-state index in [0.717, 1.165) is 13.0 Å². The number of anilines is 1. The highest BCUT2D eigenvalue weighted by Crippen LogP contribution is 2.48. The first-order valence-electron chi connectivity index (χ1n) is 6.08. The third-order valence-electron chi connectivity index (χ3n) is 3.72. The van der Waals surface area contributed by atoms with Crippen LogP contribution in [0.3, 0.4) is 0 Å². The van der Waals surface area contributed by atoms with Crippen molar-refractivity contribution in [3.63, 3.8) is 0 Å². The van der Waals surface area contributed by atoms with Crippen LogP contribution < -0.4 is 5.32 Å². The lowest BCUT2D eigenvalue weighted by Gasteiger charge is -2.14. The van der Waals surface area contributed by atoms with Gasteiger partial charge >= 0.3 is 0 Å². The molecular weight excluding hydrogens is 232 g/mol. The SMILES string of the molecule is CCC1(CNc2ccc(C=O)cc2[N+](=O)[O-])CC1. The van der Waals surface area contributed by atoms with Crippen molar-refractivity contribution in [3.05, 3.63) is 33.9 Å². The standard InChI is InChI=1S/C13H16N2O3/c1-2-13(5-6-13)9-14-11-4-3-10(8-16)7-12(11)15(17)18/h3-4,7-8,14H,2,5-6,9H2,1H3. The van der Waals surface area contributed by atoms with Crippen LogP contribution in [0.25, 0.3) is 0 Å². The summed E-state index contributed by atoms with van der Waals surface area (Å²) in [5.41, 5.74) is 1.10. The zero-order valence-corrected chi connectivity index (χ0v) is 10.3. The fourth-order valence-electron chi connectivity index (χ4n) is 2.04. The van der Waals surface area contributed by atoms with Crippen LogP contribution in [0.15, 0.2) is 18.2 Å². The summed E-state index contributed by atoms with van der Waals surface area (Å²) in [7, 11) is 0. The number of carbonyl (C=O) groups is 1. The van der Waals surface area contributed by atoms with Gasteiger partial charge in [0.2, 0.25) is 0 Å². The van der Waals surface area contributed by atoms with E-state index in [4.69, 9.17) is 0 Å². The number of nitrogens with zero attached hydrogens (tertiary/aromatic N) is 1. The molecule has 0 amide bonds. The topological polar surface area (TPSA) is 72.2 Å². The molecule has 2 rings (SSSR count). The van der Waals surface area contributed by atoms with E-state index in [9.17, 15) is 14.9 Å². The van der Waals surface area contributed by atoms with E-state index in [2.05, 4.69) is 12.2 Å². The number of nitro benzene ring substituents is 1. The molecule has 1 fully saturated rings. The quantitative estimate of drug-likeness (QED) is 0.477. The van der Waals surface area contributed by atoms with Crippen molar-refractivity contribution in [1.29, 1.82) is 0 Å². The van der Waals surface area contributed by atoms with Gasteiger partial charge in [0.05, 0.1) is 4.92 Å². The van der Waals surface area contributed by atoms with Crippen molar-refractivity contribution in [1.82, 2.24) is 0 Å². The molecule has 0 spiro atoms. The molecule has 96 valence electrons. The van der Waals surface area contributed by atoms with Gasteiger partial charge in [-0.15, -0.1) is 0 Å². The van der Waals surface area contributed by atoms with Crippen LogP contribution >= 0.6 is 0 Å². The zero-order chi connectivity index (χ0) is 13.2. The number of nitro groups is 1. The largest absolute Gasteiger partial charge is 0.379 e. The minimum absolute atomic E-state index is 0.0356. The van der Waals surface area contributed by atoms with Crippen molar-refractivity contribution in [2.75, 3.05) is 11.9 Å². The molecule has 5 heteroatoms. The van der Waals surface area contributed by atoms with E-state index in [0.29, 0.717) is 23.0 Å². The molecule has 5 nitrogen and oxygen atoms in total. The highest BCUT2D eigenvalue weighted by Gasteiger charge is 2.40. The Morgan fingerprint density at radius 3 is 2.72 bits per heavy atom. The maximum atomic E-state index is 10.9. The van der Waals surface area contributed by atoms with E-state index in [1.807, 2.05) is 0 Å². The van der Waals surface area contributed by atoms with Crippen LogP contribution in [-0.2, 0) is 0 Å². The Labute approximate surface area is 105 Å². The lowest BCUT2D eigenvalue weighted by atomic mass is 10.0. The Morgan fingerprint density at radius 1 is 1.50 bits per heavy atom. The average molecular weight is 248 g/mol. The highest BCUT2D eigenvalue weighted by molar-refractivity contribution is 5.79. The molecule has 1 aromatic carbocycles. The summed E-state index contributed by atoms with van der Waals surface area (Å²) in [6, 6.07) is 4.50. The maximum absolute atomic E-state index is 10.9. The van der Waals surface area contributed by atoms with E-state index in [1.165, 1.54) is 18.9 Å². The molecular formula is C13H16N2O3. The van der Waals surface area contributed by atoms with Crippen molar-refractivity contribution in [2.24, 2.45) is 5.41 Å². The van der Waals surface area contributed by atoms with E-state index in [1.54, 1.807) is 12.1 Å². The third kappa shape index (κ3) is 2.50. The third-order valence-corrected chi connectivity index (χ3v) is 3.72. The van der Waals surface area contributed by atoms with Gasteiger partial charge in [-0.1, -0.05) is 6.92 Å². The van der Waals surface area contributed by atoms with Crippen LogP contribution in [-0.4, -0.2) is 17.8 Å². The van der Waals surface area contributed by atoms with Crippen molar-refractivity contribution in [3.8, 4) is 0 Å². The van der Waals surface area contributed by atoms with Gasteiger partial charge in [0.1, 0.15) is 12.0 Å². The molecule has 0 aliphatic heterocycles. The van der Waals surface area contributed by atoms with Gasteiger partial charge in [-0.3, -0.25) is 14.9 Å². The molecule has 18 heavy (non-hydrogen) atoms. The number of carbonyl (C=O) groups excluding carboxylic acids is 1. The maximum Gasteiger partial charge on any atom is 0.293 e. The van der Waals surface area contributed by atoms with Crippen molar-refractivity contribution >= 4 is 17.7 Å². The summed E-state index contributed by atoms with van der Waals surface area (Å²) in [5.74, 6) is 0. The van der Waals surface area contributed by atoms with Crippen molar-refractivity contribution < 1.29 is 9.72 Å². The summed E-state index contributed by atoms with van der Waals surface area (Å²) < 4.78 is 0. The number of hydrogen-bond donors (Lipinski definition) is 1. The predicted octanol–water partition coefficient (Wildman–Crippen LogP) is 3.01. The Kier molecular flexibility index (Phi) is 3.32. The second kappa shape index (κ2) is 4.76. The van der Waals surface area contributed by atoms with Crippen LogP contribution in [0, 0.1) is 15.5 Å². The van der Waals surface area contributed by atoms with Crippen LogP contribution in [0.1, 0.15) is 36.5 Å². The minimum Gasteiger partial charge on any atom is -0.379 e. The van der Waals surface area contributed by atoms with Gasteiger partial charge in [0, 0.05) is 18.2 Å². The monoisotopic (exact) mass is 248 g/mol. The Bertz CT molecular complexity index is 481. The smallest absolute Gasteiger partial charge is 0.293 e. The number of nitrogens with one attached hydrogen (secondary N) is 1. The lowest BCUT2D eigenvalue weighted by Crippen LogP contribution is -2.15. The fourth-order valence-corrected chi connectivity index (χ4v) is 2.04. The van der Waals surface area contributed by atoms with Crippen LogP contribution in [0.4, 0.5) is 11.4 Å². The molecule has 1 aromatic rings. The first-order valence-corrected chi connectivity index (χ1v) is 6.08. The Morgan fingerprint density at radius 2 is 2.22 bits per heavy atom. The predicted molar refractivity (Wildman–Crippen MR) is 68.9 cm³/mol. The minimum atomic E-state index is -0.457. The zero-order valence-electron chi connectivity index (χ0n) is 10.3. The molecule has 0 bridgehead atoms. The van der Waals surface area contributed by atoms with E-state index >= 15 is 0 Å². The molecule has 1 aliphatic rings. The molecule has 0 radical (unpaired) electrons. The van der Waals surface area contributed by atoms with Gasteiger partial charge in [0.25, 0.3) is 5.69 Å². The van der Waals surface area contributed by atoms with Gasteiger partial charge in [0.15, 0.2) is 0 Å². The Balaban J connectivity index is 2.16. The Hall–Kier alpha value is -1.91. The first-order chi connectivity index (χ1) is 8.60. The molecule has 0 atom stereocenters. The highest BCUT2D eigenvalue weighted by atomic mass is 16.6. The number of benzene rings is 1. The number of aldehydes is 1. The average Bonchev–Trinajstić information content (AvgIpc) is 3.16. The molecule has 1 aliphatic carbocycles. The normalized spacial score (nSPS) is 16.1. The number of rotatable bonds is 6. The van der Waals surface area contributed by atoms with Gasteiger partial charge in [-0.05, 0) is 36.8 Å². The molecule has 0 heterocycles. The summed E-state index contributed by atoms with van der Waals surface area (Å²) in [5, 5.41) is 14.1.